The molecule has 1 aliphatic carbocycles. The first-order chi connectivity index (χ1) is 7.66. The molecule has 1 aromatic carbocycles. The van der Waals surface area contributed by atoms with Gasteiger partial charge in [0.25, 0.3) is 0 Å². The highest BCUT2D eigenvalue weighted by Gasteiger charge is 2.29. The average Bonchev–Trinajstić information content (AvgIpc) is 3.11. The molecule has 16 heavy (non-hydrogen) atoms. The molecule has 2 N–H and O–H groups in total. The van der Waals surface area contributed by atoms with Crippen molar-refractivity contribution in [2.75, 3.05) is 19.3 Å². The topological polar surface area (TPSA) is 29.3 Å². The van der Waals surface area contributed by atoms with E-state index in [0.717, 1.165) is 30.6 Å². The molecule has 1 fully saturated rings. The molecule has 1 aromatic rings. The molecule has 0 aliphatic heterocycles. The third-order valence-corrected chi connectivity index (χ3v) is 3.73. The standard InChI is InChI=1S/C14H22N2/c1-11(13-5-6-13)16(2)10-9-12-3-7-14(15)8-4-12/h3-4,7-8,11,13H,5-6,9-10,15H2,1-2H3. The molecule has 2 heteroatoms. The van der Waals surface area contributed by atoms with Crippen molar-refractivity contribution in [3.05, 3.63) is 29.8 Å². The normalized spacial score (nSPS) is 17.7. The summed E-state index contributed by atoms with van der Waals surface area (Å²) >= 11 is 0. The van der Waals surface area contributed by atoms with Gasteiger partial charge in [-0.05, 0) is 56.8 Å². The number of anilines is 1. The summed E-state index contributed by atoms with van der Waals surface area (Å²) in [5.41, 5.74) is 7.90. The Labute approximate surface area is 98.4 Å². The summed E-state index contributed by atoms with van der Waals surface area (Å²) in [6.45, 7) is 3.49. The molecule has 0 radical (unpaired) electrons. The van der Waals surface area contributed by atoms with Gasteiger partial charge in [0.1, 0.15) is 0 Å². The molecule has 88 valence electrons. The quantitative estimate of drug-likeness (QED) is 0.770. The number of likely N-dealkylation sites (N-methyl/N-ethyl adjacent to an activating group) is 1. The van der Waals surface area contributed by atoms with Gasteiger partial charge in [0, 0.05) is 18.3 Å². The fourth-order valence-corrected chi connectivity index (χ4v) is 2.13. The number of nitrogen functional groups attached to an aromatic ring is 1. The molecule has 0 spiro atoms. The van der Waals surface area contributed by atoms with Crippen LogP contribution >= 0.6 is 0 Å². The van der Waals surface area contributed by atoms with Crippen LogP contribution in [0, 0.1) is 5.92 Å². The summed E-state index contributed by atoms with van der Waals surface area (Å²) in [7, 11) is 2.24. The van der Waals surface area contributed by atoms with Gasteiger partial charge in [0.15, 0.2) is 0 Å². The van der Waals surface area contributed by atoms with Gasteiger partial charge in [-0.2, -0.15) is 0 Å². The van der Waals surface area contributed by atoms with Crippen molar-refractivity contribution >= 4 is 5.69 Å². The van der Waals surface area contributed by atoms with Crippen molar-refractivity contribution in [2.45, 2.75) is 32.2 Å². The van der Waals surface area contributed by atoms with Crippen molar-refractivity contribution in [3.8, 4) is 0 Å². The minimum Gasteiger partial charge on any atom is -0.399 e. The summed E-state index contributed by atoms with van der Waals surface area (Å²) in [6, 6.07) is 8.98. The number of hydrogen-bond acceptors (Lipinski definition) is 2. The third kappa shape index (κ3) is 2.99. The second kappa shape index (κ2) is 4.88. The number of hydrogen-bond donors (Lipinski definition) is 1. The Balaban J connectivity index is 1.79. The van der Waals surface area contributed by atoms with Gasteiger partial charge in [-0.1, -0.05) is 12.1 Å². The molecule has 0 bridgehead atoms. The van der Waals surface area contributed by atoms with Crippen LogP contribution in [0.1, 0.15) is 25.3 Å². The van der Waals surface area contributed by atoms with Gasteiger partial charge in [0.2, 0.25) is 0 Å². The molecule has 2 rings (SSSR count). The summed E-state index contributed by atoms with van der Waals surface area (Å²) in [5, 5.41) is 0. The fourth-order valence-electron chi connectivity index (χ4n) is 2.13. The smallest absolute Gasteiger partial charge is 0.0314 e. The predicted molar refractivity (Wildman–Crippen MR) is 69.4 cm³/mol. The molecule has 1 unspecified atom stereocenters. The van der Waals surface area contributed by atoms with E-state index in [4.69, 9.17) is 5.73 Å². The zero-order chi connectivity index (χ0) is 11.5. The van der Waals surface area contributed by atoms with Crippen molar-refractivity contribution in [3.63, 3.8) is 0 Å². The summed E-state index contributed by atoms with van der Waals surface area (Å²) in [6.07, 6.45) is 3.97. The van der Waals surface area contributed by atoms with Crippen LogP contribution in [0.3, 0.4) is 0 Å². The molecule has 2 nitrogen and oxygen atoms in total. The first kappa shape index (κ1) is 11.5. The van der Waals surface area contributed by atoms with Gasteiger partial charge in [-0.15, -0.1) is 0 Å². The van der Waals surface area contributed by atoms with Crippen LogP contribution in [-0.4, -0.2) is 24.5 Å². The lowest BCUT2D eigenvalue weighted by atomic mass is 10.1. The largest absolute Gasteiger partial charge is 0.399 e. The zero-order valence-corrected chi connectivity index (χ0v) is 10.3. The Hall–Kier alpha value is -1.02. The van der Waals surface area contributed by atoms with E-state index >= 15 is 0 Å². The molecule has 0 aromatic heterocycles. The van der Waals surface area contributed by atoms with Gasteiger partial charge in [-0.25, -0.2) is 0 Å². The van der Waals surface area contributed by atoms with Gasteiger partial charge in [-0.3, -0.25) is 0 Å². The van der Waals surface area contributed by atoms with E-state index in [2.05, 4.69) is 31.0 Å². The summed E-state index contributed by atoms with van der Waals surface area (Å²) in [4.78, 5) is 2.48. The lowest BCUT2D eigenvalue weighted by molar-refractivity contribution is 0.237. The lowest BCUT2D eigenvalue weighted by Gasteiger charge is -2.24. The van der Waals surface area contributed by atoms with Gasteiger partial charge >= 0.3 is 0 Å². The Morgan fingerprint density at radius 3 is 2.50 bits per heavy atom. The molecule has 1 atom stereocenters. The minimum atomic E-state index is 0.744. The highest BCUT2D eigenvalue weighted by molar-refractivity contribution is 5.39. The van der Waals surface area contributed by atoms with Gasteiger partial charge in [0.05, 0.1) is 0 Å². The molecule has 0 saturated heterocycles. The monoisotopic (exact) mass is 218 g/mol. The molecule has 1 aliphatic rings. The summed E-state index contributed by atoms with van der Waals surface area (Å²) < 4.78 is 0. The molecule has 0 amide bonds. The van der Waals surface area contributed by atoms with Crippen LogP contribution < -0.4 is 5.73 Å². The van der Waals surface area contributed by atoms with Crippen LogP contribution in [-0.2, 0) is 6.42 Å². The molecular weight excluding hydrogens is 196 g/mol. The maximum Gasteiger partial charge on any atom is 0.0314 e. The number of benzene rings is 1. The zero-order valence-electron chi connectivity index (χ0n) is 10.3. The minimum absolute atomic E-state index is 0.744. The second-order valence-corrected chi connectivity index (χ2v) is 5.05. The van der Waals surface area contributed by atoms with Crippen LogP contribution in [0.5, 0.6) is 0 Å². The number of nitrogens with two attached hydrogens (primary N) is 1. The number of rotatable bonds is 5. The van der Waals surface area contributed by atoms with Crippen molar-refractivity contribution in [2.24, 2.45) is 5.92 Å². The predicted octanol–water partition coefficient (Wildman–Crippen LogP) is 2.54. The molecule has 0 heterocycles. The second-order valence-electron chi connectivity index (χ2n) is 5.05. The molecular formula is C14H22N2. The highest BCUT2D eigenvalue weighted by atomic mass is 15.1. The van der Waals surface area contributed by atoms with E-state index in [9.17, 15) is 0 Å². The maximum absolute atomic E-state index is 5.67. The summed E-state index contributed by atoms with van der Waals surface area (Å²) in [5.74, 6) is 0.955. The van der Waals surface area contributed by atoms with Crippen molar-refractivity contribution in [1.29, 1.82) is 0 Å². The van der Waals surface area contributed by atoms with E-state index in [1.807, 2.05) is 12.1 Å². The van der Waals surface area contributed by atoms with Crippen molar-refractivity contribution in [1.82, 2.24) is 4.90 Å². The van der Waals surface area contributed by atoms with Crippen LogP contribution in [0.4, 0.5) is 5.69 Å². The molecule has 1 saturated carbocycles. The first-order valence-electron chi connectivity index (χ1n) is 6.21. The van der Waals surface area contributed by atoms with E-state index in [0.29, 0.717) is 0 Å². The van der Waals surface area contributed by atoms with Crippen LogP contribution in [0.15, 0.2) is 24.3 Å². The van der Waals surface area contributed by atoms with E-state index in [1.165, 1.54) is 18.4 Å². The van der Waals surface area contributed by atoms with Crippen molar-refractivity contribution < 1.29 is 0 Å². The Kier molecular flexibility index (Phi) is 3.49. The fraction of sp³-hybridized carbons (Fsp3) is 0.571. The average molecular weight is 218 g/mol. The van der Waals surface area contributed by atoms with E-state index < -0.39 is 0 Å². The first-order valence-corrected chi connectivity index (χ1v) is 6.21. The van der Waals surface area contributed by atoms with Gasteiger partial charge < -0.3 is 10.6 Å². The lowest BCUT2D eigenvalue weighted by Crippen LogP contribution is -2.32. The number of nitrogens with zero attached hydrogens (tertiary/aromatic N) is 1. The van der Waals surface area contributed by atoms with E-state index in [1.54, 1.807) is 0 Å². The van der Waals surface area contributed by atoms with Crippen LogP contribution in [0.2, 0.25) is 0 Å². The Bertz CT molecular complexity index is 327. The highest BCUT2D eigenvalue weighted by Crippen LogP contribution is 2.34. The Morgan fingerprint density at radius 1 is 1.31 bits per heavy atom. The Morgan fingerprint density at radius 2 is 1.94 bits per heavy atom. The van der Waals surface area contributed by atoms with Crippen LogP contribution in [0.25, 0.3) is 0 Å². The third-order valence-electron chi connectivity index (χ3n) is 3.73. The van der Waals surface area contributed by atoms with E-state index in [-0.39, 0.29) is 0 Å². The SMILES string of the molecule is CC(C1CC1)N(C)CCc1ccc(N)cc1. The maximum atomic E-state index is 5.67.